The molecule has 2 aromatic rings. The highest BCUT2D eigenvalue weighted by Crippen LogP contribution is 2.17. The minimum atomic E-state index is -2.55. The van der Waals surface area contributed by atoms with Crippen LogP contribution in [0.15, 0.2) is 18.3 Å². The van der Waals surface area contributed by atoms with Crippen molar-refractivity contribution in [2.45, 2.75) is 19.3 Å². The third-order valence-corrected chi connectivity index (χ3v) is 2.27. The Morgan fingerprint density at radius 1 is 1.35 bits per heavy atom. The highest BCUT2D eigenvalue weighted by molar-refractivity contribution is 5.19. The number of alkyl halides is 2. The summed E-state index contributed by atoms with van der Waals surface area (Å²) in [6.45, 7) is 0. The molecule has 0 bridgehead atoms. The van der Waals surface area contributed by atoms with Crippen molar-refractivity contribution in [3.8, 4) is 0 Å². The monoisotopic (exact) mass is 239 g/mol. The fourth-order valence-electron chi connectivity index (χ4n) is 1.45. The molecule has 17 heavy (non-hydrogen) atoms. The lowest BCUT2D eigenvalue weighted by Crippen LogP contribution is -1.97. The number of aryl methyl sites for hydroxylation is 2. The van der Waals surface area contributed by atoms with E-state index in [9.17, 15) is 8.78 Å². The maximum Gasteiger partial charge on any atom is 0.280 e. The lowest BCUT2D eigenvalue weighted by molar-refractivity contribution is 0.146. The van der Waals surface area contributed by atoms with Crippen molar-refractivity contribution in [3.05, 3.63) is 35.4 Å². The Kier molecular flexibility index (Phi) is 3.27. The van der Waals surface area contributed by atoms with E-state index in [4.69, 9.17) is 5.73 Å². The van der Waals surface area contributed by atoms with Crippen molar-refractivity contribution < 1.29 is 8.78 Å². The number of nitrogens with two attached hydrogens (primary N) is 1. The van der Waals surface area contributed by atoms with Gasteiger partial charge in [-0.25, -0.2) is 8.78 Å². The fourth-order valence-corrected chi connectivity index (χ4v) is 1.45. The number of hydrogen-bond donors (Lipinski definition) is 2. The van der Waals surface area contributed by atoms with Gasteiger partial charge in [-0.05, 0) is 24.1 Å². The molecule has 2 aromatic heterocycles. The molecule has 0 aliphatic rings. The highest BCUT2D eigenvalue weighted by atomic mass is 19.3. The quantitative estimate of drug-likeness (QED) is 0.847. The predicted octanol–water partition coefficient (Wildman–Crippen LogP) is 1.50. The molecule has 0 aliphatic heterocycles. The number of nitrogens with one attached hydrogen (secondary N) is 1. The van der Waals surface area contributed by atoms with Crippen LogP contribution in [0.1, 0.15) is 23.5 Å². The van der Waals surface area contributed by atoms with Crippen LogP contribution in [0.4, 0.5) is 14.7 Å². The number of nitrogens with zero attached hydrogens (tertiary/aromatic N) is 3. The Hall–Kier alpha value is -2.05. The average Bonchev–Trinajstić information content (AvgIpc) is 2.73. The van der Waals surface area contributed by atoms with Gasteiger partial charge in [-0.2, -0.15) is 4.98 Å². The van der Waals surface area contributed by atoms with E-state index in [1.807, 2.05) is 0 Å². The zero-order valence-electron chi connectivity index (χ0n) is 8.90. The first-order valence-electron chi connectivity index (χ1n) is 5.05. The van der Waals surface area contributed by atoms with E-state index in [0.717, 1.165) is 5.56 Å². The summed E-state index contributed by atoms with van der Waals surface area (Å²) >= 11 is 0. The van der Waals surface area contributed by atoms with Gasteiger partial charge in [0.05, 0.1) is 0 Å². The van der Waals surface area contributed by atoms with Crippen LogP contribution < -0.4 is 5.73 Å². The zero-order chi connectivity index (χ0) is 12.3. The van der Waals surface area contributed by atoms with Crippen molar-refractivity contribution >= 4 is 5.95 Å². The van der Waals surface area contributed by atoms with Gasteiger partial charge in [0.25, 0.3) is 6.43 Å². The van der Waals surface area contributed by atoms with E-state index in [2.05, 4.69) is 20.2 Å². The lowest BCUT2D eigenvalue weighted by atomic mass is 10.1. The number of aromatic amines is 1. The molecule has 0 unspecified atom stereocenters. The molecular formula is C10H11F2N5. The fraction of sp³-hybridized carbons (Fsp3) is 0.300. The molecule has 5 nitrogen and oxygen atoms in total. The summed E-state index contributed by atoms with van der Waals surface area (Å²) in [6, 6.07) is 3.09. The molecule has 0 atom stereocenters. The first-order chi connectivity index (χ1) is 8.15. The van der Waals surface area contributed by atoms with Crippen molar-refractivity contribution in [1.29, 1.82) is 0 Å². The maximum atomic E-state index is 12.4. The van der Waals surface area contributed by atoms with Crippen LogP contribution in [0.2, 0.25) is 0 Å². The summed E-state index contributed by atoms with van der Waals surface area (Å²) in [5, 5.41) is 6.35. The summed E-state index contributed by atoms with van der Waals surface area (Å²) in [5.41, 5.74) is 5.92. The highest BCUT2D eigenvalue weighted by Gasteiger charge is 2.09. The lowest BCUT2D eigenvalue weighted by Gasteiger charge is -2.02. The van der Waals surface area contributed by atoms with E-state index in [1.54, 1.807) is 6.07 Å². The van der Waals surface area contributed by atoms with Crippen LogP contribution in [-0.4, -0.2) is 20.2 Å². The second kappa shape index (κ2) is 4.86. The van der Waals surface area contributed by atoms with Crippen LogP contribution in [0, 0.1) is 0 Å². The molecular weight excluding hydrogens is 228 g/mol. The topological polar surface area (TPSA) is 80.5 Å². The van der Waals surface area contributed by atoms with Gasteiger partial charge in [0.15, 0.2) is 0 Å². The van der Waals surface area contributed by atoms with Gasteiger partial charge in [0, 0.05) is 12.6 Å². The Balaban J connectivity index is 2.01. The number of anilines is 1. The van der Waals surface area contributed by atoms with Crippen LogP contribution in [-0.2, 0) is 12.8 Å². The summed E-state index contributed by atoms with van der Waals surface area (Å²) in [5.74, 6) is 0.820. The van der Waals surface area contributed by atoms with E-state index >= 15 is 0 Å². The largest absolute Gasteiger partial charge is 0.367 e. The van der Waals surface area contributed by atoms with Gasteiger partial charge in [-0.15, -0.1) is 5.10 Å². The summed E-state index contributed by atoms with van der Waals surface area (Å²) < 4.78 is 24.8. The van der Waals surface area contributed by atoms with Gasteiger partial charge < -0.3 is 5.73 Å². The molecule has 0 amide bonds. The molecule has 0 saturated heterocycles. The second-order valence-electron chi connectivity index (χ2n) is 3.53. The van der Waals surface area contributed by atoms with Crippen LogP contribution in [0.3, 0.4) is 0 Å². The van der Waals surface area contributed by atoms with Gasteiger partial charge >= 0.3 is 0 Å². The molecule has 90 valence electrons. The van der Waals surface area contributed by atoms with Crippen molar-refractivity contribution in [2.75, 3.05) is 5.73 Å². The van der Waals surface area contributed by atoms with Crippen LogP contribution in [0.5, 0.6) is 0 Å². The molecule has 0 aliphatic carbocycles. The molecule has 2 rings (SSSR count). The molecule has 0 radical (unpaired) electrons. The van der Waals surface area contributed by atoms with E-state index in [-0.39, 0.29) is 11.6 Å². The van der Waals surface area contributed by atoms with Crippen molar-refractivity contribution in [3.63, 3.8) is 0 Å². The number of nitrogen functional groups attached to an aromatic ring is 1. The summed E-state index contributed by atoms with van der Waals surface area (Å²) in [4.78, 5) is 7.52. The third-order valence-electron chi connectivity index (χ3n) is 2.27. The Morgan fingerprint density at radius 3 is 2.82 bits per heavy atom. The normalized spacial score (nSPS) is 11.0. The smallest absolute Gasteiger partial charge is 0.280 e. The average molecular weight is 239 g/mol. The number of H-pyrrole nitrogens is 1. The number of halogens is 2. The van der Waals surface area contributed by atoms with Crippen molar-refractivity contribution in [2.24, 2.45) is 0 Å². The van der Waals surface area contributed by atoms with Gasteiger partial charge in [0.2, 0.25) is 5.95 Å². The van der Waals surface area contributed by atoms with Gasteiger partial charge in [-0.1, -0.05) is 0 Å². The minimum absolute atomic E-state index is 0.183. The van der Waals surface area contributed by atoms with Crippen LogP contribution >= 0.6 is 0 Å². The standard InChI is InChI=1S/C10H11F2N5/c11-9(12)7-5-6(3-4-14-7)1-2-8-15-10(13)17-16-8/h3-5,9H,1-2H2,(H3,13,15,16,17). The predicted molar refractivity (Wildman–Crippen MR) is 57.4 cm³/mol. The first kappa shape index (κ1) is 11.4. The number of aromatic nitrogens is 4. The van der Waals surface area contributed by atoms with E-state index < -0.39 is 6.43 Å². The summed E-state index contributed by atoms with van der Waals surface area (Å²) in [6.07, 6.45) is -0.0184. The molecule has 3 N–H and O–H groups in total. The summed E-state index contributed by atoms with van der Waals surface area (Å²) in [7, 11) is 0. The number of hydrogen-bond acceptors (Lipinski definition) is 4. The molecule has 0 spiro atoms. The third kappa shape index (κ3) is 2.96. The molecule has 2 heterocycles. The van der Waals surface area contributed by atoms with Crippen LogP contribution in [0.25, 0.3) is 0 Å². The van der Waals surface area contributed by atoms with Crippen molar-refractivity contribution in [1.82, 2.24) is 20.2 Å². The SMILES string of the molecule is Nc1n[nH]c(CCc2ccnc(C(F)F)c2)n1. The van der Waals surface area contributed by atoms with Gasteiger partial charge in [0.1, 0.15) is 11.5 Å². The molecule has 0 aromatic carbocycles. The zero-order valence-corrected chi connectivity index (χ0v) is 8.90. The number of pyridine rings is 1. The Labute approximate surface area is 96.1 Å². The Bertz CT molecular complexity index is 497. The molecule has 7 heteroatoms. The van der Waals surface area contributed by atoms with Gasteiger partial charge in [-0.3, -0.25) is 10.1 Å². The maximum absolute atomic E-state index is 12.4. The molecule has 0 saturated carbocycles. The second-order valence-corrected chi connectivity index (χ2v) is 3.53. The Morgan fingerprint density at radius 2 is 2.18 bits per heavy atom. The van der Waals surface area contributed by atoms with E-state index in [1.165, 1.54) is 12.3 Å². The number of rotatable bonds is 4. The first-order valence-corrected chi connectivity index (χ1v) is 5.05. The molecule has 0 fully saturated rings. The minimum Gasteiger partial charge on any atom is -0.367 e. The van der Waals surface area contributed by atoms with E-state index in [0.29, 0.717) is 18.7 Å².